The summed E-state index contributed by atoms with van der Waals surface area (Å²) in [5.74, 6) is 1.68. The highest BCUT2D eigenvalue weighted by Gasteiger charge is 2.12. The highest BCUT2D eigenvalue weighted by Crippen LogP contribution is 2.31. The van der Waals surface area contributed by atoms with Crippen molar-refractivity contribution in [3.05, 3.63) is 51.6 Å². The lowest BCUT2D eigenvalue weighted by molar-refractivity contribution is -0.123. The average Bonchev–Trinajstić information content (AvgIpc) is 3.02. The fraction of sp³-hybridized carbons (Fsp3) is 0.125. The lowest BCUT2D eigenvalue weighted by Gasteiger charge is -2.04. The third-order valence-electron chi connectivity index (χ3n) is 2.98. The summed E-state index contributed by atoms with van der Waals surface area (Å²) in [6, 6.07) is 12.9. The fourth-order valence-corrected chi connectivity index (χ4v) is 2.24. The van der Waals surface area contributed by atoms with E-state index in [-0.39, 0.29) is 19.3 Å². The maximum atomic E-state index is 11.7. The molecule has 23 heavy (non-hydrogen) atoms. The van der Waals surface area contributed by atoms with Gasteiger partial charge in [-0.05, 0) is 70.6 Å². The van der Waals surface area contributed by atoms with Gasteiger partial charge in [0.2, 0.25) is 6.79 Å². The number of carbonyl (C=O) groups is 1. The van der Waals surface area contributed by atoms with Crippen molar-refractivity contribution < 1.29 is 19.0 Å². The summed E-state index contributed by atoms with van der Waals surface area (Å²) in [5.41, 5.74) is 3.21. The predicted octanol–water partition coefficient (Wildman–Crippen LogP) is 2.55. The van der Waals surface area contributed by atoms with Gasteiger partial charge in [0.1, 0.15) is 5.75 Å². The number of nitrogens with one attached hydrogen (secondary N) is 1. The molecular weight excluding hydrogens is 411 g/mol. The number of carbonyl (C=O) groups excluding carboxylic acids is 1. The van der Waals surface area contributed by atoms with Crippen molar-refractivity contribution in [2.75, 3.05) is 13.4 Å². The molecule has 0 bridgehead atoms. The molecule has 1 aliphatic rings. The Bertz CT molecular complexity index is 731. The van der Waals surface area contributed by atoms with Crippen molar-refractivity contribution in [1.82, 2.24) is 5.43 Å². The Labute approximate surface area is 146 Å². The molecule has 0 saturated carbocycles. The first-order valence-electron chi connectivity index (χ1n) is 6.80. The minimum atomic E-state index is -0.333. The normalized spacial score (nSPS) is 12.4. The zero-order valence-corrected chi connectivity index (χ0v) is 14.1. The topological polar surface area (TPSA) is 69.2 Å². The molecule has 3 rings (SSSR count). The number of hydrogen-bond donors (Lipinski definition) is 1. The minimum Gasteiger partial charge on any atom is -0.484 e. The van der Waals surface area contributed by atoms with Crippen LogP contribution in [0.1, 0.15) is 5.56 Å². The zero-order chi connectivity index (χ0) is 16.1. The Kier molecular flexibility index (Phi) is 4.96. The summed E-state index contributed by atoms with van der Waals surface area (Å²) in [4.78, 5) is 11.7. The molecule has 118 valence electrons. The van der Waals surface area contributed by atoms with E-state index in [2.05, 4.69) is 33.1 Å². The van der Waals surface area contributed by atoms with Crippen molar-refractivity contribution >= 4 is 34.7 Å². The highest BCUT2D eigenvalue weighted by molar-refractivity contribution is 14.1. The molecule has 0 saturated heterocycles. The van der Waals surface area contributed by atoms with Crippen LogP contribution in [-0.2, 0) is 4.79 Å². The second kappa shape index (κ2) is 7.32. The van der Waals surface area contributed by atoms with E-state index in [1.165, 1.54) is 6.21 Å². The molecule has 0 fully saturated rings. The molecule has 0 radical (unpaired) electrons. The van der Waals surface area contributed by atoms with Gasteiger partial charge in [-0.3, -0.25) is 4.79 Å². The van der Waals surface area contributed by atoms with Gasteiger partial charge in [0.25, 0.3) is 5.91 Å². The van der Waals surface area contributed by atoms with Crippen LogP contribution in [0.25, 0.3) is 0 Å². The first kappa shape index (κ1) is 15.6. The predicted molar refractivity (Wildman–Crippen MR) is 93.0 cm³/mol. The SMILES string of the molecule is O=C(COc1ccc(I)cc1)NN=Cc1ccc2c(c1)OCO2. The van der Waals surface area contributed by atoms with Crippen molar-refractivity contribution in [3.63, 3.8) is 0 Å². The summed E-state index contributed by atoms with van der Waals surface area (Å²) in [6.45, 7) is 0.127. The van der Waals surface area contributed by atoms with Gasteiger partial charge in [0, 0.05) is 3.57 Å². The molecule has 1 aliphatic heterocycles. The Balaban J connectivity index is 1.47. The van der Waals surface area contributed by atoms with Crippen LogP contribution in [0.2, 0.25) is 0 Å². The van der Waals surface area contributed by atoms with E-state index < -0.39 is 0 Å². The molecule has 0 aromatic heterocycles. The molecule has 2 aromatic rings. The molecule has 0 aliphatic carbocycles. The summed E-state index contributed by atoms with van der Waals surface area (Å²) in [6.07, 6.45) is 1.53. The van der Waals surface area contributed by atoms with Crippen molar-refractivity contribution in [3.8, 4) is 17.2 Å². The largest absolute Gasteiger partial charge is 0.484 e. The van der Waals surface area contributed by atoms with Crippen LogP contribution in [0.5, 0.6) is 17.2 Å². The van der Waals surface area contributed by atoms with E-state index in [4.69, 9.17) is 14.2 Å². The highest BCUT2D eigenvalue weighted by atomic mass is 127. The third-order valence-corrected chi connectivity index (χ3v) is 3.70. The maximum Gasteiger partial charge on any atom is 0.277 e. The first-order valence-corrected chi connectivity index (χ1v) is 7.88. The molecule has 0 unspecified atom stereocenters. The summed E-state index contributed by atoms with van der Waals surface area (Å²) < 4.78 is 17.0. The van der Waals surface area contributed by atoms with Crippen molar-refractivity contribution in [2.24, 2.45) is 5.10 Å². The summed E-state index contributed by atoms with van der Waals surface area (Å²) in [5, 5.41) is 3.89. The molecule has 0 spiro atoms. The van der Waals surface area contributed by atoms with E-state index >= 15 is 0 Å². The van der Waals surface area contributed by atoms with Crippen LogP contribution >= 0.6 is 22.6 Å². The molecule has 1 N–H and O–H groups in total. The average molecular weight is 424 g/mol. The van der Waals surface area contributed by atoms with Crippen LogP contribution in [0, 0.1) is 3.57 Å². The monoisotopic (exact) mass is 424 g/mol. The molecule has 2 aromatic carbocycles. The first-order chi connectivity index (χ1) is 11.2. The number of ether oxygens (including phenoxy) is 3. The number of hydrogen-bond acceptors (Lipinski definition) is 5. The van der Waals surface area contributed by atoms with Crippen LogP contribution in [-0.4, -0.2) is 25.5 Å². The third kappa shape index (κ3) is 4.35. The summed E-state index contributed by atoms with van der Waals surface area (Å²) >= 11 is 2.20. The molecular formula is C16H13IN2O4. The number of rotatable bonds is 5. The Morgan fingerprint density at radius 2 is 2.00 bits per heavy atom. The van der Waals surface area contributed by atoms with Gasteiger partial charge >= 0.3 is 0 Å². The van der Waals surface area contributed by atoms with Gasteiger partial charge in [-0.2, -0.15) is 5.10 Å². The van der Waals surface area contributed by atoms with Crippen LogP contribution in [0.4, 0.5) is 0 Å². The van der Waals surface area contributed by atoms with Gasteiger partial charge in [0.15, 0.2) is 18.1 Å². The van der Waals surface area contributed by atoms with E-state index in [1.54, 1.807) is 12.1 Å². The number of amides is 1. The van der Waals surface area contributed by atoms with E-state index in [0.717, 1.165) is 9.13 Å². The molecule has 6 nitrogen and oxygen atoms in total. The smallest absolute Gasteiger partial charge is 0.277 e. The van der Waals surface area contributed by atoms with E-state index in [1.807, 2.05) is 30.3 Å². The molecule has 1 amide bonds. The van der Waals surface area contributed by atoms with Crippen molar-refractivity contribution in [2.45, 2.75) is 0 Å². The standard InChI is InChI=1S/C16H13IN2O4/c17-12-2-4-13(5-3-12)21-9-16(20)19-18-8-11-1-6-14-15(7-11)23-10-22-14/h1-8H,9-10H2,(H,19,20). The molecule has 7 heteroatoms. The minimum absolute atomic E-state index is 0.0981. The van der Waals surface area contributed by atoms with Crippen LogP contribution < -0.4 is 19.6 Å². The van der Waals surface area contributed by atoms with Gasteiger partial charge in [0.05, 0.1) is 6.21 Å². The lowest BCUT2D eigenvalue weighted by Crippen LogP contribution is -2.24. The summed E-state index contributed by atoms with van der Waals surface area (Å²) in [7, 11) is 0. The van der Waals surface area contributed by atoms with Crippen LogP contribution in [0.3, 0.4) is 0 Å². The number of benzene rings is 2. The van der Waals surface area contributed by atoms with Crippen molar-refractivity contribution in [1.29, 1.82) is 0 Å². The van der Waals surface area contributed by atoms with Gasteiger partial charge in [-0.1, -0.05) is 0 Å². The van der Waals surface area contributed by atoms with E-state index in [0.29, 0.717) is 17.2 Å². The Hall–Kier alpha value is -2.29. The van der Waals surface area contributed by atoms with E-state index in [9.17, 15) is 4.79 Å². The Morgan fingerprint density at radius 1 is 1.22 bits per heavy atom. The second-order valence-corrected chi connectivity index (χ2v) is 5.89. The lowest BCUT2D eigenvalue weighted by atomic mass is 10.2. The quantitative estimate of drug-likeness (QED) is 0.455. The number of fused-ring (bicyclic) bond motifs is 1. The zero-order valence-electron chi connectivity index (χ0n) is 12.0. The number of hydrazone groups is 1. The molecule has 1 heterocycles. The van der Waals surface area contributed by atoms with Crippen LogP contribution in [0.15, 0.2) is 47.6 Å². The van der Waals surface area contributed by atoms with Gasteiger partial charge in [-0.25, -0.2) is 5.43 Å². The number of halogens is 1. The molecule has 0 atom stereocenters. The number of nitrogens with zero attached hydrogens (tertiary/aromatic N) is 1. The maximum absolute atomic E-state index is 11.7. The van der Waals surface area contributed by atoms with Gasteiger partial charge in [-0.15, -0.1) is 0 Å². The fourth-order valence-electron chi connectivity index (χ4n) is 1.88. The van der Waals surface area contributed by atoms with Gasteiger partial charge < -0.3 is 14.2 Å². The Morgan fingerprint density at radius 3 is 2.83 bits per heavy atom. The second-order valence-electron chi connectivity index (χ2n) is 4.65.